The lowest BCUT2D eigenvalue weighted by molar-refractivity contribution is 0.184. The van der Waals surface area contributed by atoms with Crippen LogP contribution in [-0.2, 0) is 9.09 Å². The number of hydrogen-bond donors (Lipinski definition) is 4. The highest BCUT2D eigenvalue weighted by atomic mass is 32.2. The third-order valence-corrected chi connectivity index (χ3v) is 6.54. The van der Waals surface area contributed by atoms with Crippen LogP contribution in [0.25, 0.3) is 10.3 Å². The predicted molar refractivity (Wildman–Crippen MR) is 121 cm³/mol. The van der Waals surface area contributed by atoms with Crippen molar-refractivity contribution < 1.29 is 18.9 Å². The Morgan fingerprint density at radius 2 is 2.06 bits per heavy atom. The lowest BCUT2D eigenvalue weighted by Crippen LogP contribution is -2.27. The maximum absolute atomic E-state index is 11.9. The number of pyridine rings is 1. The zero-order chi connectivity index (χ0) is 22.6. The molecule has 13 heteroatoms. The number of nitrogens with zero attached hydrogens (tertiary/aromatic N) is 3. The second kappa shape index (κ2) is 10.2. The summed E-state index contributed by atoms with van der Waals surface area (Å²) >= 11 is 2.37. The molecular formula is C18H24N5O5PS2. The molecule has 0 amide bonds. The van der Waals surface area contributed by atoms with E-state index in [2.05, 4.69) is 25.3 Å². The van der Waals surface area contributed by atoms with Gasteiger partial charge in [0.2, 0.25) is 0 Å². The van der Waals surface area contributed by atoms with E-state index in [-0.39, 0.29) is 22.6 Å². The van der Waals surface area contributed by atoms with E-state index in [4.69, 9.17) is 14.3 Å². The van der Waals surface area contributed by atoms with Gasteiger partial charge in [0, 0.05) is 6.20 Å². The maximum atomic E-state index is 11.9. The fraction of sp³-hybridized carbons (Fsp3) is 0.444. The molecule has 0 aromatic carbocycles. The van der Waals surface area contributed by atoms with Crippen molar-refractivity contribution >= 4 is 47.1 Å². The van der Waals surface area contributed by atoms with Gasteiger partial charge in [-0.3, -0.25) is 19.3 Å². The first kappa shape index (κ1) is 23.8. The van der Waals surface area contributed by atoms with Crippen LogP contribution in [0.3, 0.4) is 0 Å². The molecule has 1 unspecified atom stereocenters. The highest BCUT2D eigenvalue weighted by Crippen LogP contribution is 2.37. The molecule has 0 bridgehead atoms. The molecular weight excluding hydrogens is 461 g/mol. The molecule has 4 N–H and O–H groups in total. The van der Waals surface area contributed by atoms with Gasteiger partial charge in [0.05, 0.1) is 23.6 Å². The van der Waals surface area contributed by atoms with Gasteiger partial charge in [0.1, 0.15) is 4.70 Å². The fourth-order valence-electron chi connectivity index (χ4n) is 2.93. The zero-order valence-electron chi connectivity index (χ0n) is 17.2. The Labute approximate surface area is 187 Å². The molecule has 3 aromatic rings. The van der Waals surface area contributed by atoms with E-state index in [1.165, 1.54) is 11.8 Å². The van der Waals surface area contributed by atoms with E-state index >= 15 is 0 Å². The van der Waals surface area contributed by atoms with Crippen molar-refractivity contribution in [1.29, 1.82) is 0 Å². The van der Waals surface area contributed by atoms with Crippen molar-refractivity contribution in [2.45, 2.75) is 43.6 Å². The second-order valence-electron chi connectivity index (χ2n) is 7.32. The summed E-state index contributed by atoms with van der Waals surface area (Å²) in [6, 6.07) is 5.24. The number of rotatable bonds is 10. The summed E-state index contributed by atoms with van der Waals surface area (Å²) in [5, 5.41) is 3.61. The molecule has 0 aliphatic carbocycles. The van der Waals surface area contributed by atoms with Gasteiger partial charge in [-0.15, -0.1) is 0 Å². The topological polar surface area (TPSA) is 150 Å². The molecule has 0 aliphatic heterocycles. The van der Waals surface area contributed by atoms with E-state index in [0.717, 1.165) is 17.0 Å². The van der Waals surface area contributed by atoms with Gasteiger partial charge in [-0.25, -0.2) is 14.5 Å². The Bertz CT molecular complexity index is 1120. The zero-order valence-corrected chi connectivity index (χ0v) is 19.7. The number of hydrogen-bond acceptors (Lipinski definition) is 9. The third kappa shape index (κ3) is 7.09. The van der Waals surface area contributed by atoms with Crippen molar-refractivity contribution in [2.24, 2.45) is 5.92 Å². The van der Waals surface area contributed by atoms with Gasteiger partial charge in [-0.05, 0) is 31.4 Å². The van der Waals surface area contributed by atoms with Crippen LogP contribution < -0.4 is 10.2 Å². The van der Waals surface area contributed by atoms with Gasteiger partial charge in [0.25, 0.3) is 0 Å². The van der Waals surface area contributed by atoms with Crippen molar-refractivity contribution in [1.82, 2.24) is 19.9 Å². The van der Waals surface area contributed by atoms with Crippen LogP contribution in [0.5, 0.6) is 0 Å². The molecule has 10 nitrogen and oxygen atoms in total. The van der Waals surface area contributed by atoms with Gasteiger partial charge >= 0.3 is 12.7 Å². The van der Waals surface area contributed by atoms with Gasteiger partial charge in [0.15, 0.2) is 16.6 Å². The predicted octanol–water partition coefficient (Wildman–Crippen LogP) is 3.56. The number of thioether (sulfide) groups is 1. The maximum Gasteiger partial charge on any atom is 0.469 e. The number of nitrogens with one attached hydrogen (secondary N) is 2. The Kier molecular flexibility index (Phi) is 7.84. The molecule has 3 heterocycles. The summed E-state index contributed by atoms with van der Waals surface area (Å²) in [6.07, 6.45) is 2.30. The fourth-order valence-corrected chi connectivity index (χ4v) is 4.90. The first-order valence-corrected chi connectivity index (χ1v) is 12.8. The Hall–Kier alpha value is -1.82. The van der Waals surface area contributed by atoms with Crippen molar-refractivity contribution in [3.05, 3.63) is 39.8 Å². The van der Waals surface area contributed by atoms with Crippen LogP contribution in [-0.4, -0.2) is 42.4 Å². The Morgan fingerprint density at radius 1 is 1.29 bits per heavy atom. The molecule has 0 fully saturated rings. The lowest BCUT2D eigenvalue weighted by atomic mass is 10.0. The van der Waals surface area contributed by atoms with Crippen LogP contribution in [0.4, 0.5) is 5.82 Å². The molecule has 31 heavy (non-hydrogen) atoms. The minimum Gasteiger partial charge on any atom is -0.364 e. The number of phosphoric acid groups is 1. The number of aromatic nitrogens is 4. The van der Waals surface area contributed by atoms with Gasteiger partial charge in [-0.1, -0.05) is 43.0 Å². The lowest BCUT2D eigenvalue weighted by Gasteiger charge is -2.22. The highest BCUT2D eigenvalue weighted by Gasteiger charge is 2.22. The molecule has 0 radical (unpaired) electrons. The van der Waals surface area contributed by atoms with Crippen LogP contribution in [0, 0.1) is 5.92 Å². The smallest absolute Gasteiger partial charge is 0.364 e. The van der Waals surface area contributed by atoms with E-state index in [0.29, 0.717) is 27.7 Å². The van der Waals surface area contributed by atoms with E-state index in [9.17, 15) is 9.36 Å². The molecule has 0 spiro atoms. The first-order chi connectivity index (χ1) is 14.6. The molecule has 0 saturated heterocycles. The van der Waals surface area contributed by atoms with E-state index < -0.39 is 13.9 Å². The van der Waals surface area contributed by atoms with Crippen LogP contribution in [0.1, 0.15) is 38.1 Å². The van der Waals surface area contributed by atoms with Crippen molar-refractivity contribution in [3.8, 4) is 0 Å². The Balaban J connectivity index is 1.90. The van der Waals surface area contributed by atoms with Crippen LogP contribution >= 0.6 is 30.9 Å². The minimum absolute atomic E-state index is 0.0266. The molecule has 2 atom stereocenters. The minimum atomic E-state index is -4.61. The molecule has 3 aromatic heterocycles. The van der Waals surface area contributed by atoms with Crippen molar-refractivity contribution in [2.75, 3.05) is 11.9 Å². The summed E-state index contributed by atoms with van der Waals surface area (Å²) < 4.78 is 16.4. The SMILES string of the molecule is CC(C)C[C@H](COP(=O)(O)O)Nc1nc(SC(C)c2ccccn2)nc2[nH]c(=O)sc12. The number of phosphoric ester groups is 1. The average molecular weight is 486 g/mol. The number of fused-ring (bicyclic) bond motifs is 1. The molecule has 0 aliphatic rings. The number of aromatic amines is 1. The second-order valence-corrected chi connectivity index (χ2v) is 10.8. The van der Waals surface area contributed by atoms with Crippen LogP contribution in [0.2, 0.25) is 0 Å². The standard InChI is InChI=1S/C18H24N5O5PS2/c1-10(2)8-12(9-28-29(25,26)27)20-15-14-16(23-18(24)31-14)22-17(21-15)30-11(3)13-6-4-5-7-19-13/h4-7,10-12H,8-9H2,1-3H3,(H2,25,26,27)(H2,20,21,22,23,24)/t11?,12-/m1/s1. The summed E-state index contributed by atoms with van der Waals surface area (Å²) in [5.41, 5.74) is 1.28. The third-order valence-electron chi connectivity index (χ3n) is 4.19. The monoisotopic (exact) mass is 485 g/mol. The highest BCUT2D eigenvalue weighted by molar-refractivity contribution is 7.99. The number of thiazole rings is 1. The van der Waals surface area contributed by atoms with Gasteiger partial charge < -0.3 is 15.1 Å². The summed E-state index contributed by atoms with van der Waals surface area (Å²) in [5.74, 6) is 0.655. The van der Waals surface area contributed by atoms with E-state index in [1.54, 1.807) is 6.20 Å². The average Bonchev–Trinajstić information content (AvgIpc) is 3.06. The quantitative estimate of drug-likeness (QED) is 0.191. The normalized spacial score (nSPS) is 14.1. The summed E-state index contributed by atoms with van der Waals surface area (Å²) in [4.78, 5) is 45.9. The summed E-state index contributed by atoms with van der Waals surface area (Å²) in [6.45, 7) is 5.76. The molecule has 168 valence electrons. The van der Waals surface area contributed by atoms with E-state index in [1.807, 2.05) is 39.0 Å². The number of H-pyrrole nitrogens is 1. The molecule has 3 rings (SSSR count). The van der Waals surface area contributed by atoms with Crippen molar-refractivity contribution in [3.63, 3.8) is 0 Å². The Morgan fingerprint density at radius 3 is 2.71 bits per heavy atom. The number of anilines is 1. The van der Waals surface area contributed by atoms with Crippen LogP contribution in [0.15, 0.2) is 34.3 Å². The first-order valence-electron chi connectivity index (χ1n) is 9.56. The molecule has 0 saturated carbocycles. The van der Waals surface area contributed by atoms with Gasteiger partial charge in [-0.2, -0.15) is 0 Å². The summed E-state index contributed by atoms with van der Waals surface area (Å²) in [7, 11) is -4.61. The largest absolute Gasteiger partial charge is 0.469 e.